The summed E-state index contributed by atoms with van der Waals surface area (Å²) in [6.07, 6.45) is -4.44. The number of hydrogen-bond donors (Lipinski definition) is 0. The van der Waals surface area contributed by atoms with Crippen LogP contribution in [-0.2, 0) is 10.9 Å². The SMILES string of the molecule is COCCN1CCN(c2cccc(Cl)c2C(F)(F)F)CC1. The predicted molar refractivity (Wildman–Crippen MR) is 77.0 cm³/mol. The number of hydrogen-bond acceptors (Lipinski definition) is 3. The predicted octanol–water partition coefficient (Wildman–Crippen LogP) is 3.13. The molecule has 0 bridgehead atoms. The lowest BCUT2D eigenvalue weighted by molar-refractivity contribution is -0.137. The molecule has 0 N–H and O–H groups in total. The minimum atomic E-state index is -4.44. The highest BCUT2D eigenvalue weighted by molar-refractivity contribution is 6.31. The molecule has 0 radical (unpaired) electrons. The number of benzene rings is 1. The van der Waals surface area contributed by atoms with E-state index in [1.165, 1.54) is 12.1 Å². The molecule has 118 valence electrons. The molecule has 1 aromatic carbocycles. The van der Waals surface area contributed by atoms with E-state index in [2.05, 4.69) is 4.90 Å². The van der Waals surface area contributed by atoms with Gasteiger partial charge >= 0.3 is 6.18 Å². The maximum atomic E-state index is 13.2. The second-order valence-corrected chi connectivity index (χ2v) is 5.36. The summed E-state index contributed by atoms with van der Waals surface area (Å²) >= 11 is 5.76. The average molecular weight is 323 g/mol. The fourth-order valence-corrected chi connectivity index (χ4v) is 2.77. The number of piperazine rings is 1. The molecular formula is C14H18ClF3N2O. The lowest BCUT2D eigenvalue weighted by Crippen LogP contribution is -2.47. The number of nitrogens with zero attached hydrogens (tertiary/aromatic N) is 2. The molecule has 2 rings (SSSR count). The topological polar surface area (TPSA) is 15.7 Å². The van der Waals surface area contributed by atoms with E-state index in [1.54, 1.807) is 18.1 Å². The van der Waals surface area contributed by atoms with E-state index in [-0.39, 0.29) is 10.7 Å². The van der Waals surface area contributed by atoms with E-state index in [9.17, 15) is 13.2 Å². The van der Waals surface area contributed by atoms with Crippen LogP contribution in [0, 0.1) is 0 Å². The molecule has 3 nitrogen and oxygen atoms in total. The van der Waals surface area contributed by atoms with E-state index in [0.29, 0.717) is 32.8 Å². The van der Waals surface area contributed by atoms with Crippen LogP contribution in [0.3, 0.4) is 0 Å². The van der Waals surface area contributed by atoms with Gasteiger partial charge in [0, 0.05) is 39.8 Å². The lowest BCUT2D eigenvalue weighted by Gasteiger charge is -2.37. The minimum Gasteiger partial charge on any atom is -0.383 e. The zero-order valence-corrected chi connectivity index (χ0v) is 12.5. The first-order chi connectivity index (χ1) is 9.93. The third kappa shape index (κ3) is 4.02. The van der Waals surface area contributed by atoms with Crippen molar-refractivity contribution in [2.75, 3.05) is 51.3 Å². The Hall–Kier alpha value is -0.980. The first-order valence-electron chi connectivity index (χ1n) is 6.75. The third-order valence-electron chi connectivity index (χ3n) is 3.60. The zero-order valence-electron chi connectivity index (χ0n) is 11.8. The van der Waals surface area contributed by atoms with Gasteiger partial charge in [-0.25, -0.2) is 0 Å². The van der Waals surface area contributed by atoms with Gasteiger partial charge in [0.1, 0.15) is 0 Å². The number of halogens is 4. The van der Waals surface area contributed by atoms with Crippen LogP contribution in [0.25, 0.3) is 0 Å². The highest BCUT2D eigenvalue weighted by atomic mass is 35.5. The van der Waals surface area contributed by atoms with E-state index in [0.717, 1.165) is 6.54 Å². The van der Waals surface area contributed by atoms with Gasteiger partial charge in [0.25, 0.3) is 0 Å². The fourth-order valence-electron chi connectivity index (χ4n) is 2.49. The van der Waals surface area contributed by atoms with Gasteiger partial charge in [0.15, 0.2) is 0 Å². The Morgan fingerprint density at radius 2 is 1.86 bits per heavy atom. The van der Waals surface area contributed by atoms with Crippen LogP contribution in [0.4, 0.5) is 18.9 Å². The Morgan fingerprint density at radius 3 is 2.43 bits per heavy atom. The number of anilines is 1. The van der Waals surface area contributed by atoms with Crippen molar-refractivity contribution in [3.05, 3.63) is 28.8 Å². The van der Waals surface area contributed by atoms with E-state index in [4.69, 9.17) is 16.3 Å². The Morgan fingerprint density at radius 1 is 1.19 bits per heavy atom. The maximum Gasteiger partial charge on any atom is 0.419 e. The molecule has 0 aliphatic carbocycles. The summed E-state index contributed by atoms with van der Waals surface area (Å²) in [5, 5.41) is -0.248. The monoisotopic (exact) mass is 322 g/mol. The number of methoxy groups -OCH3 is 1. The van der Waals surface area contributed by atoms with Crippen molar-refractivity contribution in [3.8, 4) is 0 Å². The van der Waals surface area contributed by atoms with Crippen LogP contribution < -0.4 is 4.90 Å². The van der Waals surface area contributed by atoms with Crippen LogP contribution in [0.2, 0.25) is 5.02 Å². The van der Waals surface area contributed by atoms with Crippen LogP contribution in [0.15, 0.2) is 18.2 Å². The fraction of sp³-hybridized carbons (Fsp3) is 0.571. The van der Waals surface area contributed by atoms with Gasteiger partial charge in [0.2, 0.25) is 0 Å². The van der Waals surface area contributed by atoms with Crippen molar-refractivity contribution < 1.29 is 17.9 Å². The molecule has 7 heteroatoms. The molecule has 0 spiro atoms. The van der Waals surface area contributed by atoms with Gasteiger partial charge in [-0.05, 0) is 12.1 Å². The largest absolute Gasteiger partial charge is 0.419 e. The van der Waals surface area contributed by atoms with Gasteiger partial charge in [-0.1, -0.05) is 17.7 Å². The summed E-state index contributed by atoms with van der Waals surface area (Å²) < 4.78 is 44.5. The number of alkyl halides is 3. The molecule has 0 atom stereocenters. The molecule has 21 heavy (non-hydrogen) atoms. The van der Waals surface area contributed by atoms with Gasteiger partial charge in [0.05, 0.1) is 22.9 Å². The minimum absolute atomic E-state index is 0.168. The molecule has 0 aromatic heterocycles. The summed E-state index contributed by atoms with van der Waals surface area (Å²) in [6, 6.07) is 4.33. The highest BCUT2D eigenvalue weighted by Gasteiger charge is 2.37. The Bertz CT molecular complexity index is 474. The molecule has 1 heterocycles. The first-order valence-corrected chi connectivity index (χ1v) is 7.13. The molecule has 0 amide bonds. The Kier molecular flexibility index (Phi) is 5.35. The molecule has 1 saturated heterocycles. The molecular weight excluding hydrogens is 305 g/mol. The van der Waals surface area contributed by atoms with Crippen molar-refractivity contribution in [3.63, 3.8) is 0 Å². The van der Waals surface area contributed by atoms with Crippen LogP contribution in [-0.4, -0.2) is 51.3 Å². The van der Waals surface area contributed by atoms with E-state index < -0.39 is 11.7 Å². The molecule has 0 saturated carbocycles. The number of ether oxygens (including phenoxy) is 1. The summed E-state index contributed by atoms with van der Waals surface area (Å²) in [6.45, 7) is 3.96. The van der Waals surface area contributed by atoms with Crippen molar-refractivity contribution in [1.29, 1.82) is 0 Å². The van der Waals surface area contributed by atoms with Crippen LogP contribution in [0.5, 0.6) is 0 Å². The van der Waals surface area contributed by atoms with Crippen molar-refractivity contribution in [2.24, 2.45) is 0 Å². The second-order valence-electron chi connectivity index (χ2n) is 4.95. The second kappa shape index (κ2) is 6.85. The first kappa shape index (κ1) is 16.4. The van der Waals surface area contributed by atoms with Gasteiger partial charge in [-0.3, -0.25) is 4.90 Å². The normalized spacial score (nSPS) is 17.3. The standard InChI is InChI=1S/C14H18ClF3N2O/c1-21-10-9-19-5-7-20(8-6-19)12-4-2-3-11(15)13(12)14(16,17)18/h2-4H,5-10H2,1H3. The highest BCUT2D eigenvalue weighted by Crippen LogP contribution is 2.41. The zero-order chi connectivity index (χ0) is 15.5. The Labute approximate surface area is 127 Å². The van der Waals surface area contributed by atoms with Gasteiger partial charge in [-0.15, -0.1) is 0 Å². The van der Waals surface area contributed by atoms with E-state index >= 15 is 0 Å². The lowest BCUT2D eigenvalue weighted by atomic mass is 10.1. The van der Waals surface area contributed by atoms with Gasteiger partial charge < -0.3 is 9.64 Å². The Balaban J connectivity index is 2.12. The summed E-state index contributed by atoms with van der Waals surface area (Å²) in [7, 11) is 1.64. The third-order valence-corrected chi connectivity index (χ3v) is 3.91. The summed E-state index contributed by atoms with van der Waals surface area (Å²) in [5.74, 6) is 0. The quantitative estimate of drug-likeness (QED) is 0.847. The van der Waals surface area contributed by atoms with Crippen molar-refractivity contribution in [1.82, 2.24) is 4.90 Å². The summed E-state index contributed by atoms with van der Waals surface area (Å²) in [4.78, 5) is 3.93. The molecule has 0 unspecified atom stereocenters. The van der Waals surface area contributed by atoms with Crippen molar-refractivity contribution >= 4 is 17.3 Å². The van der Waals surface area contributed by atoms with E-state index in [1.807, 2.05) is 0 Å². The maximum absolute atomic E-state index is 13.2. The van der Waals surface area contributed by atoms with Crippen LogP contribution in [0.1, 0.15) is 5.56 Å². The molecule has 1 aliphatic rings. The number of rotatable bonds is 4. The molecule has 1 aromatic rings. The molecule has 1 aliphatic heterocycles. The summed E-state index contributed by atoms with van der Waals surface area (Å²) in [5.41, 5.74) is -0.571. The average Bonchev–Trinajstić information content (AvgIpc) is 2.44. The van der Waals surface area contributed by atoms with Crippen LogP contribution >= 0.6 is 11.6 Å². The smallest absolute Gasteiger partial charge is 0.383 e. The van der Waals surface area contributed by atoms with Crippen molar-refractivity contribution in [2.45, 2.75) is 6.18 Å². The van der Waals surface area contributed by atoms with Gasteiger partial charge in [-0.2, -0.15) is 13.2 Å². The molecule has 1 fully saturated rings.